The normalized spacial score (nSPS) is 12.7. The Bertz CT molecular complexity index is 238. The SMILES string of the molecule is COC(C)CNCCc1ccncc1. The van der Waals surface area contributed by atoms with E-state index >= 15 is 0 Å². The smallest absolute Gasteiger partial charge is 0.0667 e. The van der Waals surface area contributed by atoms with Gasteiger partial charge in [-0.25, -0.2) is 0 Å². The van der Waals surface area contributed by atoms with Crippen molar-refractivity contribution < 1.29 is 4.74 Å². The van der Waals surface area contributed by atoms with Crippen LogP contribution in [0.1, 0.15) is 12.5 Å². The molecule has 0 spiro atoms. The number of pyridine rings is 1. The van der Waals surface area contributed by atoms with Gasteiger partial charge in [0.1, 0.15) is 0 Å². The summed E-state index contributed by atoms with van der Waals surface area (Å²) in [5.41, 5.74) is 1.32. The van der Waals surface area contributed by atoms with Crippen molar-refractivity contribution in [1.29, 1.82) is 0 Å². The zero-order valence-electron chi connectivity index (χ0n) is 8.86. The Morgan fingerprint density at radius 1 is 1.43 bits per heavy atom. The Balaban J connectivity index is 2.10. The van der Waals surface area contributed by atoms with E-state index in [0.717, 1.165) is 19.5 Å². The van der Waals surface area contributed by atoms with Gasteiger partial charge in [-0.2, -0.15) is 0 Å². The Labute approximate surface area is 85.5 Å². The molecule has 0 radical (unpaired) electrons. The molecule has 1 atom stereocenters. The lowest BCUT2D eigenvalue weighted by Gasteiger charge is -2.10. The molecule has 0 bridgehead atoms. The number of methoxy groups -OCH3 is 1. The maximum atomic E-state index is 5.13. The minimum absolute atomic E-state index is 0.285. The lowest BCUT2D eigenvalue weighted by atomic mass is 10.2. The molecule has 78 valence electrons. The molecule has 3 nitrogen and oxygen atoms in total. The van der Waals surface area contributed by atoms with E-state index in [1.807, 2.05) is 24.5 Å². The van der Waals surface area contributed by atoms with Crippen molar-refractivity contribution in [2.24, 2.45) is 0 Å². The molecule has 0 saturated heterocycles. The van der Waals surface area contributed by atoms with Crippen LogP contribution in [-0.4, -0.2) is 31.3 Å². The van der Waals surface area contributed by atoms with Crippen LogP contribution in [-0.2, 0) is 11.2 Å². The molecule has 0 fully saturated rings. The number of aromatic nitrogens is 1. The molecular weight excluding hydrogens is 176 g/mol. The summed E-state index contributed by atoms with van der Waals surface area (Å²) in [6, 6.07) is 4.09. The quantitative estimate of drug-likeness (QED) is 0.692. The lowest BCUT2D eigenvalue weighted by molar-refractivity contribution is 0.117. The first-order valence-electron chi connectivity index (χ1n) is 4.95. The van der Waals surface area contributed by atoms with Crippen LogP contribution in [0.5, 0.6) is 0 Å². The highest BCUT2D eigenvalue weighted by molar-refractivity contribution is 5.09. The largest absolute Gasteiger partial charge is 0.380 e. The van der Waals surface area contributed by atoms with Crippen LogP contribution in [0.4, 0.5) is 0 Å². The second-order valence-corrected chi connectivity index (χ2v) is 3.36. The summed E-state index contributed by atoms with van der Waals surface area (Å²) in [5.74, 6) is 0. The molecule has 1 unspecified atom stereocenters. The molecule has 0 aromatic carbocycles. The van der Waals surface area contributed by atoms with E-state index in [4.69, 9.17) is 4.74 Å². The maximum Gasteiger partial charge on any atom is 0.0667 e. The second-order valence-electron chi connectivity index (χ2n) is 3.36. The van der Waals surface area contributed by atoms with Gasteiger partial charge in [0.25, 0.3) is 0 Å². The molecule has 0 aliphatic heterocycles. The summed E-state index contributed by atoms with van der Waals surface area (Å²) >= 11 is 0. The Morgan fingerprint density at radius 2 is 2.14 bits per heavy atom. The zero-order chi connectivity index (χ0) is 10.2. The molecule has 1 aromatic rings. The molecule has 0 amide bonds. The first-order valence-corrected chi connectivity index (χ1v) is 4.95. The Kier molecular flexibility index (Phi) is 5.19. The highest BCUT2D eigenvalue weighted by Gasteiger charge is 1.97. The molecule has 14 heavy (non-hydrogen) atoms. The number of nitrogens with zero attached hydrogens (tertiary/aromatic N) is 1. The molecule has 1 N–H and O–H groups in total. The first kappa shape index (κ1) is 11.1. The fourth-order valence-corrected chi connectivity index (χ4v) is 1.17. The number of ether oxygens (including phenoxy) is 1. The predicted molar refractivity (Wildman–Crippen MR) is 57.3 cm³/mol. The Hall–Kier alpha value is -0.930. The van der Waals surface area contributed by atoms with Crippen LogP contribution in [0.15, 0.2) is 24.5 Å². The summed E-state index contributed by atoms with van der Waals surface area (Å²) in [6.45, 7) is 3.94. The second kappa shape index (κ2) is 6.51. The number of hydrogen-bond acceptors (Lipinski definition) is 3. The van der Waals surface area contributed by atoms with Crippen LogP contribution >= 0.6 is 0 Å². The Morgan fingerprint density at radius 3 is 2.79 bits per heavy atom. The van der Waals surface area contributed by atoms with Crippen molar-refractivity contribution in [2.75, 3.05) is 20.2 Å². The monoisotopic (exact) mass is 194 g/mol. The van der Waals surface area contributed by atoms with Crippen LogP contribution in [0.25, 0.3) is 0 Å². The van der Waals surface area contributed by atoms with Gasteiger partial charge < -0.3 is 10.1 Å². The average molecular weight is 194 g/mol. The van der Waals surface area contributed by atoms with Gasteiger partial charge in [-0.05, 0) is 37.6 Å². The minimum Gasteiger partial charge on any atom is -0.380 e. The van der Waals surface area contributed by atoms with Gasteiger partial charge in [-0.15, -0.1) is 0 Å². The van der Waals surface area contributed by atoms with E-state index in [2.05, 4.69) is 17.2 Å². The lowest BCUT2D eigenvalue weighted by Crippen LogP contribution is -2.27. The van der Waals surface area contributed by atoms with Crippen LogP contribution < -0.4 is 5.32 Å². The molecule has 0 aliphatic rings. The number of nitrogens with one attached hydrogen (secondary N) is 1. The van der Waals surface area contributed by atoms with Crippen molar-refractivity contribution >= 4 is 0 Å². The highest BCUT2D eigenvalue weighted by Crippen LogP contribution is 1.95. The molecule has 1 heterocycles. The molecule has 3 heteroatoms. The van der Waals surface area contributed by atoms with Crippen LogP contribution in [0.3, 0.4) is 0 Å². The fourth-order valence-electron chi connectivity index (χ4n) is 1.17. The van der Waals surface area contributed by atoms with Crippen LogP contribution in [0.2, 0.25) is 0 Å². The topological polar surface area (TPSA) is 34.1 Å². The summed E-state index contributed by atoms with van der Waals surface area (Å²) < 4.78 is 5.13. The van der Waals surface area contributed by atoms with Gasteiger partial charge in [0.2, 0.25) is 0 Å². The number of rotatable bonds is 6. The third-order valence-electron chi connectivity index (χ3n) is 2.17. The van der Waals surface area contributed by atoms with E-state index in [9.17, 15) is 0 Å². The predicted octanol–water partition coefficient (Wildman–Crippen LogP) is 1.25. The third kappa shape index (κ3) is 4.35. The standard InChI is InChI=1S/C11H18N2O/c1-10(14-2)9-13-8-5-11-3-6-12-7-4-11/h3-4,6-7,10,13H,5,8-9H2,1-2H3. The van der Waals surface area contributed by atoms with E-state index in [0.29, 0.717) is 0 Å². The summed E-state index contributed by atoms with van der Waals surface area (Å²) in [7, 11) is 1.73. The zero-order valence-corrected chi connectivity index (χ0v) is 8.86. The van der Waals surface area contributed by atoms with Gasteiger partial charge in [-0.3, -0.25) is 4.98 Å². The van der Waals surface area contributed by atoms with E-state index in [-0.39, 0.29) is 6.10 Å². The van der Waals surface area contributed by atoms with Crippen molar-refractivity contribution in [2.45, 2.75) is 19.4 Å². The summed E-state index contributed by atoms with van der Waals surface area (Å²) in [4.78, 5) is 3.97. The fraction of sp³-hybridized carbons (Fsp3) is 0.545. The third-order valence-corrected chi connectivity index (χ3v) is 2.17. The molecule has 1 aromatic heterocycles. The van der Waals surface area contributed by atoms with Gasteiger partial charge in [0.05, 0.1) is 6.10 Å². The first-order chi connectivity index (χ1) is 6.83. The van der Waals surface area contributed by atoms with Crippen molar-refractivity contribution in [3.05, 3.63) is 30.1 Å². The van der Waals surface area contributed by atoms with Gasteiger partial charge >= 0.3 is 0 Å². The minimum atomic E-state index is 0.285. The molecule has 0 aliphatic carbocycles. The molecular formula is C11H18N2O. The van der Waals surface area contributed by atoms with E-state index < -0.39 is 0 Å². The average Bonchev–Trinajstić information content (AvgIpc) is 2.25. The van der Waals surface area contributed by atoms with Gasteiger partial charge in [-0.1, -0.05) is 0 Å². The molecule has 1 rings (SSSR count). The van der Waals surface area contributed by atoms with Crippen molar-refractivity contribution in [1.82, 2.24) is 10.3 Å². The molecule has 0 saturated carbocycles. The maximum absolute atomic E-state index is 5.13. The van der Waals surface area contributed by atoms with Crippen molar-refractivity contribution in [3.8, 4) is 0 Å². The van der Waals surface area contributed by atoms with E-state index in [1.165, 1.54) is 5.56 Å². The van der Waals surface area contributed by atoms with Gasteiger partial charge in [0, 0.05) is 26.0 Å². The van der Waals surface area contributed by atoms with Gasteiger partial charge in [0.15, 0.2) is 0 Å². The van der Waals surface area contributed by atoms with Crippen molar-refractivity contribution in [3.63, 3.8) is 0 Å². The highest BCUT2D eigenvalue weighted by atomic mass is 16.5. The number of hydrogen-bond donors (Lipinski definition) is 1. The van der Waals surface area contributed by atoms with Crippen LogP contribution in [0, 0.1) is 0 Å². The summed E-state index contributed by atoms with van der Waals surface area (Å²) in [6.07, 6.45) is 4.98. The summed E-state index contributed by atoms with van der Waals surface area (Å²) in [5, 5.41) is 3.34. The van der Waals surface area contributed by atoms with E-state index in [1.54, 1.807) is 7.11 Å².